The molecule has 172 valence electrons. The summed E-state index contributed by atoms with van der Waals surface area (Å²) in [4.78, 5) is 38.8. The summed E-state index contributed by atoms with van der Waals surface area (Å²) in [5.74, 6) is 0.182. The number of thiazole rings is 1. The summed E-state index contributed by atoms with van der Waals surface area (Å²) in [5.41, 5.74) is 4.85. The number of carbonyl (C=O) groups excluding carboxylic acids is 2. The van der Waals surface area contributed by atoms with E-state index in [1.807, 2.05) is 43.0 Å². The number of nitriles is 1. The van der Waals surface area contributed by atoms with Gasteiger partial charge >= 0.3 is 6.03 Å². The summed E-state index contributed by atoms with van der Waals surface area (Å²) in [7, 11) is 0. The van der Waals surface area contributed by atoms with E-state index >= 15 is 0 Å². The molecule has 34 heavy (non-hydrogen) atoms. The minimum atomic E-state index is -0.210. The normalized spacial score (nSPS) is 17.4. The topological polar surface area (TPSA) is 102 Å². The maximum Gasteiger partial charge on any atom is 0.323 e. The molecule has 5 rings (SSSR count). The number of aryl methyl sites for hydroxylation is 2. The summed E-state index contributed by atoms with van der Waals surface area (Å²) in [6, 6.07) is 13.4. The quantitative estimate of drug-likeness (QED) is 0.616. The maximum absolute atomic E-state index is 13.1. The van der Waals surface area contributed by atoms with Crippen LogP contribution in [0, 0.1) is 25.2 Å². The number of carbonyl (C=O) groups is 2. The van der Waals surface area contributed by atoms with E-state index in [0.29, 0.717) is 42.4 Å². The van der Waals surface area contributed by atoms with Gasteiger partial charge in [0.05, 0.1) is 22.2 Å². The molecular weight excluding hydrogens is 448 g/mol. The van der Waals surface area contributed by atoms with Gasteiger partial charge in [-0.3, -0.25) is 15.1 Å². The van der Waals surface area contributed by atoms with Crippen LogP contribution in [-0.2, 0) is 4.79 Å². The number of piperazine rings is 1. The highest BCUT2D eigenvalue weighted by Gasteiger charge is 2.37. The van der Waals surface area contributed by atoms with Crippen molar-refractivity contribution in [3.05, 3.63) is 53.3 Å². The predicted octanol–water partition coefficient (Wildman–Crippen LogP) is 4.20. The number of aromatic nitrogens is 2. The van der Waals surface area contributed by atoms with Crippen LogP contribution in [0.25, 0.3) is 21.7 Å². The van der Waals surface area contributed by atoms with Gasteiger partial charge in [0.1, 0.15) is 0 Å². The second-order valence-electron chi connectivity index (χ2n) is 8.68. The zero-order valence-corrected chi connectivity index (χ0v) is 19.9. The van der Waals surface area contributed by atoms with Crippen molar-refractivity contribution in [3.8, 4) is 27.8 Å². The molecule has 2 aliphatic heterocycles. The number of nitrogens with one attached hydrogen (secondary N) is 1. The lowest BCUT2D eigenvalue weighted by Gasteiger charge is -2.37. The molecule has 0 bridgehead atoms. The number of amides is 3. The van der Waals surface area contributed by atoms with E-state index in [1.54, 1.807) is 17.0 Å². The third-order valence-corrected chi connectivity index (χ3v) is 7.25. The number of anilines is 1. The maximum atomic E-state index is 13.1. The van der Waals surface area contributed by atoms with Crippen molar-refractivity contribution in [2.24, 2.45) is 0 Å². The minimum absolute atomic E-state index is 0.103. The average molecular weight is 473 g/mol. The average Bonchev–Trinajstić information content (AvgIpc) is 3.42. The number of urea groups is 1. The monoisotopic (exact) mass is 472 g/mol. The zero-order chi connectivity index (χ0) is 23.8. The summed E-state index contributed by atoms with van der Waals surface area (Å²) in [6.45, 7) is 5.51. The Labute approximate surface area is 201 Å². The zero-order valence-electron chi connectivity index (χ0n) is 19.0. The van der Waals surface area contributed by atoms with E-state index in [4.69, 9.17) is 4.98 Å². The Balaban J connectivity index is 1.46. The first-order valence-corrected chi connectivity index (χ1v) is 12.1. The SMILES string of the molecule is Cc1cc(-c2sc(NC(=O)N3CCN4C(=O)CCC4C3)nc2-c2cccc(C#N)c2)cc(C)n1. The Kier molecular flexibility index (Phi) is 5.75. The number of fused-ring (bicyclic) bond motifs is 1. The van der Waals surface area contributed by atoms with E-state index < -0.39 is 0 Å². The molecule has 8 nitrogen and oxygen atoms in total. The molecule has 0 radical (unpaired) electrons. The molecule has 2 aromatic heterocycles. The van der Waals surface area contributed by atoms with Crippen molar-refractivity contribution in [1.29, 1.82) is 5.26 Å². The summed E-state index contributed by atoms with van der Waals surface area (Å²) in [5, 5.41) is 12.8. The fourth-order valence-electron chi connectivity index (χ4n) is 4.69. The molecule has 0 saturated carbocycles. The Morgan fingerprint density at radius 3 is 2.71 bits per heavy atom. The molecule has 2 aliphatic rings. The van der Waals surface area contributed by atoms with Crippen molar-refractivity contribution in [1.82, 2.24) is 19.8 Å². The molecule has 1 atom stereocenters. The van der Waals surface area contributed by atoms with E-state index in [1.165, 1.54) is 11.3 Å². The number of hydrogen-bond donors (Lipinski definition) is 1. The molecule has 2 saturated heterocycles. The van der Waals surface area contributed by atoms with Crippen molar-refractivity contribution < 1.29 is 9.59 Å². The highest BCUT2D eigenvalue weighted by Crippen LogP contribution is 2.40. The van der Waals surface area contributed by atoms with Crippen LogP contribution in [0.4, 0.5) is 9.93 Å². The number of benzene rings is 1. The first-order chi connectivity index (χ1) is 16.4. The van der Waals surface area contributed by atoms with E-state index in [-0.39, 0.29) is 18.0 Å². The van der Waals surface area contributed by atoms with Crippen LogP contribution < -0.4 is 5.32 Å². The Bertz CT molecular complexity index is 1310. The molecular formula is C25H24N6O2S. The Morgan fingerprint density at radius 2 is 1.94 bits per heavy atom. The standard InChI is InChI=1S/C25H24N6O2S/c1-15-10-19(11-16(2)27-15)23-22(18-5-3-4-17(12-18)13-26)28-24(34-23)29-25(33)30-8-9-31-20(14-30)6-7-21(31)32/h3-5,10-12,20H,6-9,14H2,1-2H3,(H,28,29,33). The van der Waals surface area contributed by atoms with Gasteiger partial charge in [-0.1, -0.05) is 23.5 Å². The van der Waals surface area contributed by atoms with Gasteiger partial charge in [-0.25, -0.2) is 9.78 Å². The molecule has 1 unspecified atom stereocenters. The molecule has 4 heterocycles. The lowest BCUT2D eigenvalue weighted by molar-refractivity contribution is -0.130. The third kappa shape index (κ3) is 4.24. The summed E-state index contributed by atoms with van der Waals surface area (Å²) < 4.78 is 0. The van der Waals surface area contributed by atoms with Gasteiger partial charge in [0, 0.05) is 49.0 Å². The number of hydrogen-bond acceptors (Lipinski definition) is 6. The van der Waals surface area contributed by atoms with Crippen LogP contribution in [0.1, 0.15) is 29.8 Å². The third-order valence-electron chi connectivity index (χ3n) is 6.23. The van der Waals surface area contributed by atoms with Crippen molar-refractivity contribution in [2.75, 3.05) is 25.0 Å². The van der Waals surface area contributed by atoms with Gasteiger partial charge in [-0.05, 0) is 50.1 Å². The molecule has 1 aromatic carbocycles. The van der Waals surface area contributed by atoms with Gasteiger partial charge in [0.25, 0.3) is 0 Å². The first-order valence-electron chi connectivity index (χ1n) is 11.2. The molecule has 9 heteroatoms. The summed E-state index contributed by atoms with van der Waals surface area (Å²) >= 11 is 1.41. The van der Waals surface area contributed by atoms with E-state index in [2.05, 4.69) is 16.4 Å². The van der Waals surface area contributed by atoms with Crippen molar-refractivity contribution >= 4 is 28.4 Å². The number of pyridine rings is 1. The van der Waals surface area contributed by atoms with Crippen LogP contribution in [0.3, 0.4) is 0 Å². The van der Waals surface area contributed by atoms with Gasteiger partial charge < -0.3 is 9.80 Å². The smallest absolute Gasteiger partial charge is 0.323 e. The second-order valence-corrected chi connectivity index (χ2v) is 9.68. The lowest BCUT2D eigenvalue weighted by atomic mass is 10.0. The van der Waals surface area contributed by atoms with Crippen LogP contribution >= 0.6 is 11.3 Å². The first kappa shape index (κ1) is 22.0. The van der Waals surface area contributed by atoms with Gasteiger partial charge in [0.15, 0.2) is 5.13 Å². The van der Waals surface area contributed by atoms with Crippen LogP contribution in [0.5, 0.6) is 0 Å². The van der Waals surface area contributed by atoms with Crippen LogP contribution in [0.15, 0.2) is 36.4 Å². The van der Waals surface area contributed by atoms with Crippen molar-refractivity contribution in [3.63, 3.8) is 0 Å². The fourth-order valence-corrected chi connectivity index (χ4v) is 5.65. The molecule has 0 aliphatic carbocycles. The van der Waals surface area contributed by atoms with Crippen molar-refractivity contribution in [2.45, 2.75) is 32.7 Å². The second kappa shape index (κ2) is 8.88. The van der Waals surface area contributed by atoms with E-state index in [0.717, 1.165) is 33.8 Å². The molecule has 2 fully saturated rings. The summed E-state index contributed by atoms with van der Waals surface area (Å²) in [6.07, 6.45) is 1.36. The van der Waals surface area contributed by atoms with Gasteiger partial charge in [0.2, 0.25) is 5.91 Å². The largest absolute Gasteiger partial charge is 0.336 e. The molecule has 0 spiro atoms. The number of nitrogens with zero attached hydrogens (tertiary/aromatic N) is 5. The Morgan fingerprint density at radius 1 is 1.15 bits per heavy atom. The predicted molar refractivity (Wildman–Crippen MR) is 130 cm³/mol. The van der Waals surface area contributed by atoms with Gasteiger partial charge in [-0.2, -0.15) is 5.26 Å². The molecule has 3 amide bonds. The highest BCUT2D eigenvalue weighted by molar-refractivity contribution is 7.19. The number of rotatable bonds is 3. The van der Waals surface area contributed by atoms with Crippen LogP contribution in [-0.4, -0.2) is 57.4 Å². The van der Waals surface area contributed by atoms with E-state index in [9.17, 15) is 14.9 Å². The minimum Gasteiger partial charge on any atom is -0.336 e. The molecule has 1 N–H and O–H groups in total. The Hall–Kier alpha value is -3.77. The molecule has 3 aromatic rings. The highest BCUT2D eigenvalue weighted by atomic mass is 32.1. The fraction of sp³-hybridized carbons (Fsp3) is 0.320. The lowest BCUT2D eigenvalue weighted by Crippen LogP contribution is -2.54. The van der Waals surface area contributed by atoms with Crippen LogP contribution in [0.2, 0.25) is 0 Å². The van der Waals surface area contributed by atoms with Gasteiger partial charge in [-0.15, -0.1) is 0 Å².